The Morgan fingerprint density at radius 3 is 2.56 bits per heavy atom. The van der Waals surface area contributed by atoms with Gasteiger partial charge in [-0.1, -0.05) is 42.5 Å². The SMILES string of the molecule is O=C(O)C(c1ccc(OCc2ccccc2)cc1)N1CCCNCC1. The summed E-state index contributed by atoms with van der Waals surface area (Å²) in [5, 5.41) is 13.0. The molecule has 3 rings (SSSR count). The number of carboxylic acids is 1. The number of nitrogens with zero attached hydrogens (tertiary/aromatic N) is 1. The highest BCUT2D eigenvalue weighted by Gasteiger charge is 2.27. The molecule has 0 bridgehead atoms. The molecule has 5 nitrogen and oxygen atoms in total. The van der Waals surface area contributed by atoms with E-state index in [0.29, 0.717) is 6.61 Å². The topological polar surface area (TPSA) is 61.8 Å². The Bertz CT molecular complexity index is 665. The van der Waals surface area contributed by atoms with Gasteiger partial charge >= 0.3 is 5.97 Å². The number of aliphatic carboxylic acids is 1. The van der Waals surface area contributed by atoms with E-state index in [1.165, 1.54) is 0 Å². The number of carboxylic acid groups (broad SMARTS) is 1. The van der Waals surface area contributed by atoms with E-state index >= 15 is 0 Å². The lowest BCUT2D eigenvalue weighted by Crippen LogP contribution is -2.36. The van der Waals surface area contributed by atoms with Crippen molar-refractivity contribution in [3.63, 3.8) is 0 Å². The van der Waals surface area contributed by atoms with E-state index in [-0.39, 0.29) is 0 Å². The van der Waals surface area contributed by atoms with Gasteiger partial charge in [0.25, 0.3) is 0 Å². The van der Waals surface area contributed by atoms with Crippen molar-refractivity contribution in [2.24, 2.45) is 0 Å². The molecular weight excluding hydrogens is 316 g/mol. The van der Waals surface area contributed by atoms with E-state index < -0.39 is 12.0 Å². The van der Waals surface area contributed by atoms with E-state index in [1.54, 1.807) is 0 Å². The second kappa shape index (κ2) is 8.65. The number of carbonyl (C=O) groups is 1. The van der Waals surface area contributed by atoms with Crippen LogP contribution in [0.15, 0.2) is 54.6 Å². The number of nitrogens with one attached hydrogen (secondary N) is 1. The molecule has 0 aliphatic carbocycles. The van der Waals surface area contributed by atoms with E-state index in [2.05, 4.69) is 5.32 Å². The third-order valence-electron chi connectivity index (χ3n) is 4.42. The summed E-state index contributed by atoms with van der Waals surface area (Å²) in [4.78, 5) is 13.8. The zero-order valence-corrected chi connectivity index (χ0v) is 14.2. The molecule has 0 spiro atoms. The molecule has 1 aliphatic rings. The van der Waals surface area contributed by atoms with Crippen LogP contribution in [-0.2, 0) is 11.4 Å². The fraction of sp³-hybridized carbons (Fsp3) is 0.350. The minimum atomic E-state index is -0.806. The van der Waals surface area contributed by atoms with Crippen LogP contribution in [0.3, 0.4) is 0 Å². The molecule has 1 saturated heterocycles. The van der Waals surface area contributed by atoms with Crippen molar-refractivity contribution in [1.82, 2.24) is 10.2 Å². The first kappa shape index (κ1) is 17.5. The van der Waals surface area contributed by atoms with Crippen LogP contribution in [0.4, 0.5) is 0 Å². The largest absolute Gasteiger partial charge is 0.489 e. The van der Waals surface area contributed by atoms with Gasteiger partial charge in [-0.2, -0.15) is 0 Å². The summed E-state index contributed by atoms with van der Waals surface area (Å²) in [6.45, 7) is 3.79. The van der Waals surface area contributed by atoms with Crippen LogP contribution in [0.2, 0.25) is 0 Å². The number of hydrogen-bond donors (Lipinski definition) is 2. The summed E-state index contributed by atoms with van der Waals surface area (Å²) < 4.78 is 5.78. The Labute approximate surface area is 148 Å². The van der Waals surface area contributed by atoms with Crippen LogP contribution in [0.5, 0.6) is 5.75 Å². The first-order valence-electron chi connectivity index (χ1n) is 8.68. The second-order valence-corrected chi connectivity index (χ2v) is 6.22. The normalized spacial score (nSPS) is 16.8. The van der Waals surface area contributed by atoms with Gasteiger partial charge in [-0.25, -0.2) is 0 Å². The van der Waals surface area contributed by atoms with Crippen LogP contribution < -0.4 is 10.1 Å². The molecule has 1 heterocycles. The Hall–Kier alpha value is -2.37. The summed E-state index contributed by atoms with van der Waals surface area (Å²) in [5.74, 6) is -0.0610. The van der Waals surface area contributed by atoms with Crippen molar-refractivity contribution in [1.29, 1.82) is 0 Å². The maximum atomic E-state index is 11.8. The predicted molar refractivity (Wildman–Crippen MR) is 96.7 cm³/mol. The van der Waals surface area contributed by atoms with Gasteiger partial charge in [0.15, 0.2) is 0 Å². The average molecular weight is 340 g/mol. The number of ether oxygens (including phenoxy) is 1. The minimum Gasteiger partial charge on any atom is -0.489 e. The van der Waals surface area contributed by atoms with E-state index in [1.807, 2.05) is 59.5 Å². The molecule has 0 radical (unpaired) electrons. The van der Waals surface area contributed by atoms with Crippen molar-refractivity contribution in [2.75, 3.05) is 26.2 Å². The number of benzene rings is 2. The molecule has 0 amide bonds. The van der Waals surface area contributed by atoms with Gasteiger partial charge in [-0.3, -0.25) is 9.69 Å². The summed E-state index contributed by atoms with van der Waals surface area (Å²) in [5.41, 5.74) is 1.90. The molecule has 0 aromatic heterocycles. The highest BCUT2D eigenvalue weighted by molar-refractivity contribution is 5.75. The lowest BCUT2D eigenvalue weighted by molar-refractivity contribution is -0.143. The third-order valence-corrected chi connectivity index (χ3v) is 4.42. The lowest BCUT2D eigenvalue weighted by Gasteiger charge is -2.27. The number of hydrogen-bond acceptors (Lipinski definition) is 4. The lowest BCUT2D eigenvalue weighted by atomic mass is 10.0. The molecular formula is C20H24N2O3. The first-order valence-corrected chi connectivity index (χ1v) is 8.68. The molecule has 1 unspecified atom stereocenters. The van der Waals surface area contributed by atoms with E-state index in [9.17, 15) is 9.90 Å². The Morgan fingerprint density at radius 1 is 1.08 bits per heavy atom. The van der Waals surface area contributed by atoms with Crippen LogP contribution >= 0.6 is 0 Å². The van der Waals surface area contributed by atoms with Gasteiger partial charge in [0.1, 0.15) is 18.4 Å². The van der Waals surface area contributed by atoms with E-state index in [4.69, 9.17) is 4.74 Å². The average Bonchev–Trinajstić information content (AvgIpc) is 2.91. The quantitative estimate of drug-likeness (QED) is 0.847. The molecule has 2 N–H and O–H groups in total. The summed E-state index contributed by atoms with van der Waals surface area (Å²) in [6.07, 6.45) is 0.960. The van der Waals surface area contributed by atoms with Gasteiger partial charge in [0.2, 0.25) is 0 Å². The van der Waals surface area contributed by atoms with Crippen molar-refractivity contribution < 1.29 is 14.6 Å². The second-order valence-electron chi connectivity index (χ2n) is 6.22. The monoisotopic (exact) mass is 340 g/mol. The van der Waals surface area contributed by atoms with Gasteiger partial charge in [-0.15, -0.1) is 0 Å². The molecule has 1 fully saturated rings. The van der Waals surface area contributed by atoms with Crippen LogP contribution in [0.25, 0.3) is 0 Å². The van der Waals surface area contributed by atoms with Gasteiger partial charge in [0, 0.05) is 19.6 Å². The predicted octanol–water partition coefficient (Wildman–Crippen LogP) is 2.69. The molecule has 0 saturated carbocycles. The summed E-state index contributed by atoms with van der Waals surface area (Å²) in [7, 11) is 0. The fourth-order valence-electron chi connectivity index (χ4n) is 3.12. The third kappa shape index (κ3) is 4.81. The minimum absolute atomic E-state index is 0.500. The first-order chi connectivity index (χ1) is 12.2. The Morgan fingerprint density at radius 2 is 1.84 bits per heavy atom. The van der Waals surface area contributed by atoms with Crippen LogP contribution in [0, 0.1) is 0 Å². The zero-order chi connectivity index (χ0) is 17.5. The molecule has 1 atom stereocenters. The molecule has 1 aliphatic heterocycles. The number of rotatable bonds is 6. The fourth-order valence-corrected chi connectivity index (χ4v) is 3.12. The standard InChI is InChI=1S/C20H24N2O3/c23-20(24)19(22-13-4-11-21-12-14-22)17-7-9-18(10-8-17)25-15-16-5-2-1-3-6-16/h1-3,5-10,19,21H,4,11-15H2,(H,23,24). The molecule has 5 heteroatoms. The molecule has 25 heavy (non-hydrogen) atoms. The van der Waals surface area contributed by atoms with Gasteiger partial charge in [0.05, 0.1) is 0 Å². The highest BCUT2D eigenvalue weighted by Crippen LogP contribution is 2.24. The van der Waals surface area contributed by atoms with Gasteiger partial charge < -0.3 is 15.2 Å². The maximum Gasteiger partial charge on any atom is 0.325 e. The molecule has 132 valence electrons. The molecule has 2 aromatic rings. The van der Waals surface area contributed by atoms with Crippen LogP contribution in [-0.4, -0.2) is 42.2 Å². The van der Waals surface area contributed by atoms with Crippen molar-refractivity contribution in [3.05, 3.63) is 65.7 Å². The van der Waals surface area contributed by atoms with Crippen molar-refractivity contribution >= 4 is 5.97 Å². The zero-order valence-electron chi connectivity index (χ0n) is 14.2. The Balaban J connectivity index is 1.67. The smallest absolute Gasteiger partial charge is 0.325 e. The molecule has 2 aromatic carbocycles. The van der Waals surface area contributed by atoms with Crippen molar-refractivity contribution in [3.8, 4) is 5.75 Å². The summed E-state index contributed by atoms with van der Waals surface area (Å²) >= 11 is 0. The van der Waals surface area contributed by atoms with E-state index in [0.717, 1.165) is 49.5 Å². The maximum absolute atomic E-state index is 11.8. The van der Waals surface area contributed by atoms with Gasteiger partial charge in [-0.05, 0) is 36.2 Å². The Kier molecular flexibility index (Phi) is 6.04. The van der Waals surface area contributed by atoms with Crippen LogP contribution in [0.1, 0.15) is 23.6 Å². The summed E-state index contributed by atoms with van der Waals surface area (Å²) in [6, 6.07) is 16.8. The van der Waals surface area contributed by atoms with Crippen molar-refractivity contribution in [2.45, 2.75) is 19.1 Å². The highest BCUT2D eigenvalue weighted by atomic mass is 16.5.